The van der Waals surface area contributed by atoms with Crippen LogP contribution in [-0.2, 0) is 4.74 Å². The molecule has 2 atom stereocenters. The minimum atomic E-state index is -0.631. The first-order valence-electron chi connectivity index (χ1n) is 9.27. The zero-order valence-corrected chi connectivity index (χ0v) is 16.2. The van der Waals surface area contributed by atoms with Gasteiger partial charge >= 0.3 is 0 Å². The van der Waals surface area contributed by atoms with Gasteiger partial charge in [0.05, 0.1) is 18.7 Å². The zero-order chi connectivity index (χ0) is 19.3. The summed E-state index contributed by atoms with van der Waals surface area (Å²) in [5, 5.41) is 5.28. The van der Waals surface area contributed by atoms with Crippen molar-refractivity contribution in [2.24, 2.45) is 0 Å². The van der Waals surface area contributed by atoms with E-state index in [1.165, 1.54) is 15.9 Å². The molecule has 9 heteroatoms. The summed E-state index contributed by atoms with van der Waals surface area (Å²) >= 11 is 1.36. The standard InChI is InChI=1S/C19H20FN5O2S/c1-24-12-5-11(6-13(24)8-27-7-12)23-19(26)16-14-3-2-4-21-18(14)25(17(16)20)15-9-28-10-22-15/h2-4,9-13H,5-8H2,1H3,(H,23,26). The van der Waals surface area contributed by atoms with Gasteiger partial charge in [-0.1, -0.05) is 0 Å². The smallest absolute Gasteiger partial charge is 0.256 e. The summed E-state index contributed by atoms with van der Waals surface area (Å²) in [5.74, 6) is -0.609. The fourth-order valence-electron chi connectivity index (χ4n) is 4.30. The van der Waals surface area contributed by atoms with Crippen molar-refractivity contribution >= 4 is 28.3 Å². The van der Waals surface area contributed by atoms with Gasteiger partial charge in [0.25, 0.3) is 5.91 Å². The van der Waals surface area contributed by atoms with Gasteiger partial charge in [0.15, 0.2) is 5.82 Å². The van der Waals surface area contributed by atoms with E-state index in [-0.39, 0.29) is 23.7 Å². The Bertz CT molecular complexity index is 1010. The predicted octanol–water partition coefficient (Wildman–Crippen LogP) is 2.21. The highest BCUT2D eigenvalue weighted by atomic mass is 32.1. The number of pyridine rings is 1. The summed E-state index contributed by atoms with van der Waals surface area (Å²) in [6.07, 6.45) is 3.18. The number of thiazole rings is 1. The number of piperidine rings is 1. The van der Waals surface area contributed by atoms with Gasteiger partial charge in [-0.25, -0.2) is 9.97 Å². The number of carbonyl (C=O) groups is 1. The second-order valence-corrected chi connectivity index (χ2v) is 8.09. The van der Waals surface area contributed by atoms with Crippen LogP contribution in [0, 0.1) is 5.95 Å². The molecule has 2 saturated heterocycles. The first-order valence-corrected chi connectivity index (χ1v) is 10.2. The molecule has 0 aliphatic carbocycles. The van der Waals surface area contributed by atoms with Gasteiger partial charge in [0.2, 0.25) is 5.95 Å². The number of halogens is 1. The van der Waals surface area contributed by atoms with Crippen molar-refractivity contribution in [1.29, 1.82) is 0 Å². The van der Waals surface area contributed by atoms with E-state index < -0.39 is 11.9 Å². The van der Waals surface area contributed by atoms with Crippen LogP contribution in [0.5, 0.6) is 0 Å². The van der Waals surface area contributed by atoms with Gasteiger partial charge in [0.1, 0.15) is 11.2 Å². The fraction of sp³-hybridized carbons (Fsp3) is 0.421. The quantitative estimate of drug-likeness (QED) is 0.729. The van der Waals surface area contributed by atoms with Crippen molar-refractivity contribution in [3.63, 3.8) is 0 Å². The number of carbonyl (C=O) groups excluding carboxylic acids is 1. The molecule has 3 aromatic rings. The highest BCUT2D eigenvalue weighted by Gasteiger charge is 2.38. The van der Waals surface area contributed by atoms with Crippen molar-refractivity contribution < 1.29 is 13.9 Å². The van der Waals surface area contributed by atoms with E-state index in [4.69, 9.17) is 4.74 Å². The van der Waals surface area contributed by atoms with Crippen molar-refractivity contribution in [3.05, 3.63) is 40.7 Å². The number of amides is 1. The van der Waals surface area contributed by atoms with E-state index in [0.717, 1.165) is 12.8 Å². The number of aromatic nitrogens is 3. The lowest BCUT2D eigenvalue weighted by Gasteiger charge is -2.46. The van der Waals surface area contributed by atoms with Crippen LogP contribution in [0.25, 0.3) is 16.9 Å². The van der Waals surface area contributed by atoms with Crippen LogP contribution < -0.4 is 5.32 Å². The molecular formula is C19H20FN5O2S. The normalized spacial score (nSPS) is 25.1. The van der Waals surface area contributed by atoms with Crippen LogP contribution in [0.2, 0.25) is 0 Å². The maximum Gasteiger partial charge on any atom is 0.256 e. The van der Waals surface area contributed by atoms with E-state index in [9.17, 15) is 4.79 Å². The van der Waals surface area contributed by atoms with Crippen LogP contribution in [-0.4, -0.2) is 63.7 Å². The maximum absolute atomic E-state index is 15.3. The highest BCUT2D eigenvalue weighted by molar-refractivity contribution is 7.07. The minimum Gasteiger partial charge on any atom is -0.378 e. The van der Waals surface area contributed by atoms with Gasteiger partial charge in [0, 0.05) is 35.1 Å². The Morgan fingerprint density at radius 3 is 2.82 bits per heavy atom. The Labute approximate surface area is 165 Å². The Morgan fingerprint density at radius 2 is 2.11 bits per heavy atom. The van der Waals surface area contributed by atoms with Gasteiger partial charge in [-0.2, -0.15) is 4.39 Å². The number of rotatable bonds is 3. The van der Waals surface area contributed by atoms with E-state index in [0.29, 0.717) is 30.1 Å². The zero-order valence-electron chi connectivity index (χ0n) is 15.3. The van der Waals surface area contributed by atoms with Gasteiger partial charge in [-0.3, -0.25) is 14.3 Å². The topological polar surface area (TPSA) is 72.3 Å². The monoisotopic (exact) mass is 401 g/mol. The Kier molecular flexibility index (Phi) is 4.37. The molecule has 0 saturated carbocycles. The lowest BCUT2D eigenvalue weighted by molar-refractivity contribution is -0.0670. The van der Waals surface area contributed by atoms with Crippen LogP contribution in [0.1, 0.15) is 23.2 Å². The van der Waals surface area contributed by atoms with E-state index in [1.54, 1.807) is 29.2 Å². The number of hydrogen-bond acceptors (Lipinski definition) is 6. The molecular weight excluding hydrogens is 381 g/mol. The largest absolute Gasteiger partial charge is 0.378 e. The van der Waals surface area contributed by atoms with Gasteiger partial charge in [-0.15, -0.1) is 11.3 Å². The van der Waals surface area contributed by atoms with E-state index >= 15 is 4.39 Å². The first kappa shape index (κ1) is 17.7. The first-order chi connectivity index (χ1) is 13.6. The molecule has 2 bridgehead atoms. The lowest BCUT2D eigenvalue weighted by Crippen LogP contribution is -2.59. The summed E-state index contributed by atoms with van der Waals surface area (Å²) < 4.78 is 22.3. The van der Waals surface area contributed by atoms with Gasteiger partial charge in [-0.05, 0) is 32.0 Å². The third-order valence-electron chi connectivity index (χ3n) is 5.77. The van der Waals surface area contributed by atoms with Crippen LogP contribution in [0.3, 0.4) is 0 Å². The number of morpholine rings is 1. The van der Waals surface area contributed by atoms with Crippen molar-refractivity contribution in [2.75, 3.05) is 20.3 Å². The highest BCUT2D eigenvalue weighted by Crippen LogP contribution is 2.29. The number of nitrogens with zero attached hydrogens (tertiary/aromatic N) is 4. The molecule has 28 heavy (non-hydrogen) atoms. The van der Waals surface area contributed by atoms with Gasteiger partial charge < -0.3 is 10.1 Å². The average molecular weight is 401 g/mol. The molecule has 146 valence electrons. The van der Waals surface area contributed by atoms with Crippen LogP contribution >= 0.6 is 11.3 Å². The summed E-state index contributed by atoms with van der Waals surface area (Å²) in [5.41, 5.74) is 2.05. The number of nitrogens with one attached hydrogen (secondary N) is 1. The Balaban J connectivity index is 1.48. The number of ether oxygens (including phenoxy) is 1. The second-order valence-electron chi connectivity index (χ2n) is 7.37. The van der Waals surface area contributed by atoms with Crippen molar-refractivity contribution in [2.45, 2.75) is 31.0 Å². The molecule has 5 heterocycles. The molecule has 7 nitrogen and oxygen atoms in total. The number of hydrogen-bond donors (Lipinski definition) is 1. The third kappa shape index (κ3) is 2.81. The van der Waals surface area contributed by atoms with E-state index in [1.807, 2.05) is 0 Å². The van der Waals surface area contributed by atoms with Crippen molar-refractivity contribution in [1.82, 2.24) is 24.8 Å². The molecule has 0 aromatic carbocycles. The summed E-state index contributed by atoms with van der Waals surface area (Å²) in [7, 11) is 2.10. The molecule has 0 radical (unpaired) electrons. The molecule has 1 amide bonds. The van der Waals surface area contributed by atoms with Crippen molar-refractivity contribution in [3.8, 4) is 5.82 Å². The number of fused-ring (bicyclic) bond motifs is 3. The molecule has 1 N–H and O–H groups in total. The number of likely N-dealkylation sites (N-methyl/N-ethyl adjacent to an activating group) is 1. The lowest BCUT2D eigenvalue weighted by atomic mass is 9.90. The Hall–Kier alpha value is -2.36. The maximum atomic E-state index is 15.3. The third-order valence-corrected chi connectivity index (χ3v) is 6.34. The molecule has 2 aliphatic heterocycles. The van der Waals surface area contributed by atoms with Crippen LogP contribution in [0.15, 0.2) is 29.2 Å². The average Bonchev–Trinajstić information content (AvgIpc) is 3.27. The molecule has 2 fully saturated rings. The van der Waals surface area contributed by atoms with Crippen LogP contribution in [0.4, 0.5) is 4.39 Å². The summed E-state index contributed by atoms with van der Waals surface area (Å²) in [4.78, 5) is 23.9. The molecule has 0 spiro atoms. The minimum absolute atomic E-state index is 0.00339. The molecule has 2 unspecified atom stereocenters. The predicted molar refractivity (Wildman–Crippen MR) is 103 cm³/mol. The second kappa shape index (κ2) is 6.91. The summed E-state index contributed by atoms with van der Waals surface area (Å²) in [6.45, 7) is 1.33. The summed E-state index contributed by atoms with van der Waals surface area (Å²) in [6, 6.07) is 3.99. The SMILES string of the molecule is CN1C2COCC1CC(NC(=O)c1c(F)n(-c3cscn3)c3ncccc13)C2. The molecule has 5 rings (SSSR count). The fourth-order valence-corrected chi connectivity index (χ4v) is 4.82. The van der Waals surface area contributed by atoms with E-state index in [2.05, 4.69) is 27.2 Å². The Morgan fingerprint density at radius 1 is 1.32 bits per heavy atom. The molecule has 3 aromatic heterocycles. The molecule has 2 aliphatic rings.